The third-order valence-electron chi connectivity index (χ3n) is 6.81. The van der Waals surface area contributed by atoms with E-state index in [4.69, 9.17) is 0 Å². The van der Waals surface area contributed by atoms with E-state index in [1.165, 1.54) is 18.2 Å². The van der Waals surface area contributed by atoms with Gasteiger partial charge in [0.05, 0.1) is 4.90 Å². The summed E-state index contributed by atoms with van der Waals surface area (Å²) in [6.07, 6.45) is 0. The first-order chi connectivity index (χ1) is 19.1. The second-order valence-corrected chi connectivity index (χ2v) is 13.2. The summed E-state index contributed by atoms with van der Waals surface area (Å²) >= 11 is 0. The van der Waals surface area contributed by atoms with Gasteiger partial charge >= 0.3 is 0 Å². The van der Waals surface area contributed by atoms with E-state index in [1.807, 2.05) is 39.8 Å². The van der Waals surface area contributed by atoms with Crippen molar-refractivity contribution in [1.29, 1.82) is 0 Å². The van der Waals surface area contributed by atoms with Crippen molar-refractivity contribution < 1.29 is 22.0 Å². The summed E-state index contributed by atoms with van der Waals surface area (Å²) in [5.41, 5.74) is 2.53. The number of anilines is 1. The number of rotatable bonds is 9. The van der Waals surface area contributed by atoms with Gasteiger partial charge in [0.2, 0.25) is 0 Å². The van der Waals surface area contributed by atoms with Crippen LogP contribution >= 0.6 is 0 Å². The molecule has 7 nitrogen and oxygen atoms in total. The summed E-state index contributed by atoms with van der Waals surface area (Å²) < 4.78 is 57.5. The lowest BCUT2D eigenvalue weighted by Crippen LogP contribution is -2.31. The summed E-state index contributed by atoms with van der Waals surface area (Å²) in [6, 6.07) is 17.4. The van der Waals surface area contributed by atoms with E-state index in [0.717, 1.165) is 12.5 Å². The zero-order chi connectivity index (χ0) is 30.2. The summed E-state index contributed by atoms with van der Waals surface area (Å²) in [7, 11) is -0.146. The third-order valence-corrected chi connectivity index (χ3v) is 8.21. The molecule has 10 heteroatoms. The monoisotopic (exact) mass is 582 g/mol. The van der Waals surface area contributed by atoms with Crippen molar-refractivity contribution in [3.8, 4) is 11.1 Å². The highest BCUT2D eigenvalue weighted by atomic mass is 32.2. The van der Waals surface area contributed by atoms with Crippen molar-refractivity contribution in [2.75, 3.05) is 31.9 Å². The Labute approximate surface area is 240 Å². The SMILES string of the molecule is CN(C)CCNC(=O)c1[nH]c2ccc(NS(=O)(=O)c3ccc(C(C)(C)C)cc3)cc2c1-c1cccc(C(C)(F)F)c1. The molecule has 41 heavy (non-hydrogen) atoms. The molecule has 0 aliphatic heterocycles. The molecule has 0 unspecified atom stereocenters. The molecule has 218 valence electrons. The van der Waals surface area contributed by atoms with Crippen molar-refractivity contribution in [2.45, 2.75) is 43.9 Å². The number of amides is 1. The maximum Gasteiger partial charge on any atom is 0.270 e. The largest absolute Gasteiger partial charge is 0.350 e. The topological polar surface area (TPSA) is 94.3 Å². The first kappa shape index (κ1) is 30.2. The Morgan fingerprint density at radius 2 is 1.61 bits per heavy atom. The summed E-state index contributed by atoms with van der Waals surface area (Å²) in [5, 5.41) is 3.38. The number of alkyl halides is 2. The van der Waals surface area contributed by atoms with Crippen LogP contribution in [0.1, 0.15) is 49.3 Å². The van der Waals surface area contributed by atoms with E-state index in [2.05, 4.69) is 15.0 Å². The average Bonchev–Trinajstić information content (AvgIpc) is 3.26. The maximum absolute atomic E-state index is 14.2. The molecule has 1 aromatic heterocycles. The second-order valence-electron chi connectivity index (χ2n) is 11.5. The summed E-state index contributed by atoms with van der Waals surface area (Å²) in [5.74, 6) is -3.48. The van der Waals surface area contributed by atoms with Crippen LogP contribution in [0.3, 0.4) is 0 Å². The van der Waals surface area contributed by atoms with E-state index >= 15 is 0 Å². The van der Waals surface area contributed by atoms with Crippen LogP contribution in [0.2, 0.25) is 0 Å². The number of sulfonamides is 1. The lowest BCUT2D eigenvalue weighted by Gasteiger charge is -2.19. The number of likely N-dealkylation sites (N-methyl/N-ethyl adjacent to an activating group) is 1. The zero-order valence-corrected chi connectivity index (χ0v) is 24.9. The fourth-order valence-corrected chi connectivity index (χ4v) is 5.55. The summed E-state index contributed by atoms with van der Waals surface area (Å²) in [4.78, 5) is 18.4. The molecule has 3 N–H and O–H groups in total. The van der Waals surface area contributed by atoms with E-state index in [9.17, 15) is 22.0 Å². The number of hydrogen-bond acceptors (Lipinski definition) is 4. The fraction of sp³-hybridized carbons (Fsp3) is 0.323. The number of nitrogens with one attached hydrogen (secondary N) is 3. The molecule has 0 radical (unpaired) electrons. The molecule has 0 atom stereocenters. The second kappa shape index (κ2) is 11.3. The van der Waals surface area contributed by atoms with Crippen molar-refractivity contribution in [2.24, 2.45) is 0 Å². The molecule has 3 aromatic carbocycles. The van der Waals surface area contributed by atoms with Gasteiger partial charge in [0.25, 0.3) is 21.9 Å². The molecule has 1 amide bonds. The maximum atomic E-state index is 14.2. The van der Waals surface area contributed by atoms with Gasteiger partial charge in [-0.3, -0.25) is 9.52 Å². The zero-order valence-electron chi connectivity index (χ0n) is 24.1. The Morgan fingerprint density at radius 1 is 0.927 bits per heavy atom. The first-order valence-corrected chi connectivity index (χ1v) is 14.8. The molecular formula is C31H36F2N4O3S. The Morgan fingerprint density at radius 3 is 2.22 bits per heavy atom. The Hall–Kier alpha value is -3.76. The molecule has 0 spiro atoms. The van der Waals surface area contributed by atoms with Crippen LogP contribution in [0.4, 0.5) is 14.5 Å². The molecule has 0 bridgehead atoms. The standard InChI is InChI=1S/C31H36F2N4O3S/c1-30(2,3)21-10-13-24(14-11-21)41(39,40)36-23-12-15-26-25(19-23)27(20-8-7-9-22(18-20)31(4,32)33)28(35-26)29(38)34-16-17-37(5)6/h7-15,18-19,35-36H,16-17H2,1-6H3,(H,34,38). The number of carbonyl (C=O) groups is 1. The number of halogens is 2. The van der Waals surface area contributed by atoms with Crippen LogP contribution in [-0.4, -0.2) is 51.4 Å². The van der Waals surface area contributed by atoms with Crippen LogP contribution < -0.4 is 10.0 Å². The van der Waals surface area contributed by atoms with Gasteiger partial charge in [0.1, 0.15) is 5.69 Å². The first-order valence-electron chi connectivity index (χ1n) is 13.3. The van der Waals surface area contributed by atoms with Crippen molar-refractivity contribution >= 4 is 32.5 Å². The highest BCUT2D eigenvalue weighted by Gasteiger charge is 2.27. The minimum absolute atomic E-state index is 0.110. The van der Waals surface area contributed by atoms with E-state index in [1.54, 1.807) is 48.5 Å². The highest BCUT2D eigenvalue weighted by Crippen LogP contribution is 2.37. The van der Waals surface area contributed by atoms with Gasteiger partial charge in [-0.15, -0.1) is 0 Å². The predicted octanol–water partition coefficient (Wildman–Crippen LogP) is 6.34. The van der Waals surface area contributed by atoms with E-state index in [-0.39, 0.29) is 27.3 Å². The van der Waals surface area contributed by atoms with Gasteiger partial charge in [-0.25, -0.2) is 17.2 Å². The molecule has 0 saturated carbocycles. The minimum atomic E-state index is -3.92. The van der Waals surface area contributed by atoms with Crippen molar-refractivity contribution in [3.63, 3.8) is 0 Å². The van der Waals surface area contributed by atoms with E-state index < -0.39 is 21.9 Å². The van der Waals surface area contributed by atoms with Crippen molar-refractivity contribution in [3.05, 3.63) is 83.6 Å². The summed E-state index contributed by atoms with van der Waals surface area (Å²) in [6.45, 7) is 7.96. The number of hydrogen-bond donors (Lipinski definition) is 3. The van der Waals surface area contributed by atoms with Gasteiger partial charge in [-0.05, 0) is 67.0 Å². The van der Waals surface area contributed by atoms with Crippen LogP contribution in [0.15, 0.2) is 71.6 Å². The molecule has 4 aromatic rings. The minimum Gasteiger partial charge on any atom is -0.350 e. The Balaban J connectivity index is 1.78. The smallest absolute Gasteiger partial charge is 0.270 e. The number of aromatic amines is 1. The number of fused-ring (bicyclic) bond motifs is 1. The van der Waals surface area contributed by atoms with Crippen molar-refractivity contribution in [1.82, 2.24) is 15.2 Å². The number of H-pyrrole nitrogens is 1. The van der Waals surface area contributed by atoms with Crippen LogP contribution in [0.25, 0.3) is 22.0 Å². The number of nitrogens with zero attached hydrogens (tertiary/aromatic N) is 1. The number of aromatic nitrogens is 1. The highest BCUT2D eigenvalue weighted by molar-refractivity contribution is 7.92. The lowest BCUT2D eigenvalue weighted by molar-refractivity contribution is 0.0175. The fourth-order valence-electron chi connectivity index (χ4n) is 4.50. The Kier molecular flexibility index (Phi) is 8.29. The molecular weight excluding hydrogens is 546 g/mol. The molecule has 0 fully saturated rings. The van der Waals surface area contributed by atoms with Gasteiger partial charge < -0.3 is 15.2 Å². The molecule has 1 heterocycles. The van der Waals surface area contributed by atoms with Gasteiger partial charge in [0, 0.05) is 47.7 Å². The molecule has 0 aliphatic rings. The van der Waals surface area contributed by atoms with Crippen LogP contribution in [0, 0.1) is 0 Å². The quantitative estimate of drug-likeness (QED) is 0.215. The van der Waals surface area contributed by atoms with E-state index in [0.29, 0.717) is 35.1 Å². The number of carbonyl (C=O) groups excluding carboxylic acids is 1. The molecule has 4 rings (SSSR count). The molecule has 0 aliphatic carbocycles. The molecule has 0 saturated heterocycles. The van der Waals surface area contributed by atoms with Crippen LogP contribution in [-0.2, 0) is 21.4 Å². The lowest BCUT2D eigenvalue weighted by atomic mass is 9.87. The van der Waals surface area contributed by atoms with Gasteiger partial charge in [-0.2, -0.15) is 0 Å². The Bertz CT molecular complexity index is 1670. The predicted molar refractivity (Wildman–Crippen MR) is 160 cm³/mol. The third kappa shape index (κ3) is 6.94. The van der Waals surface area contributed by atoms with Gasteiger partial charge in [0.15, 0.2) is 0 Å². The average molecular weight is 583 g/mol. The number of benzene rings is 3. The van der Waals surface area contributed by atoms with Gasteiger partial charge in [-0.1, -0.05) is 51.1 Å². The normalized spacial score (nSPS) is 12.6. The van der Waals surface area contributed by atoms with Crippen LogP contribution in [0.5, 0.6) is 0 Å².